The molecule has 1 heterocycles. The van der Waals surface area contributed by atoms with Gasteiger partial charge in [-0.05, 0) is 30.7 Å². The molecule has 2 aromatic rings. The Morgan fingerprint density at radius 3 is 2.45 bits per heavy atom. The zero-order chi connectivity index (χ0) is 15.6. The van der Waals surface area contributed by atoms with Gasteiger partial charge in [0.25, 0.3) is 5.56 Å². The van der Waals surface area contributed by atoms with Crippen molar-refractivity contribution in [3.8, 4) is 17.1 Å². The van der Waals surface area contributed by atoms with Crippen molar-refractivity contribution >= 4 is 0 Å². The number of aromatic amines is 1. The van der Waals surface area contributed by atoms with E-state index in [2.05, 4.69) is 16.9 Å². The predicted octanol–water partition coefficient (Wildman–Crippen LogP) is 4.18. The smallest absolute Gasteiger partial charge is 0.251 e. The third kappa shape index (κ3) is 5.35. The van der Waals surface area contributed by atoms with E-state index in [1.165, 1.54) is 44.4 Å². The van der Waals surface area contributed by atoms with Gasteiger partial charge in [0.15, 0.2) is 0 Å². The quantitative estimate of drug-likeness (QED) is 0.707. The largest absolute Gasteiger partial charge is 0.494 e. The second-order valence-electron chi connectivity index (χ2n) is 5.42. The number of hydrogen-bond donors (Lipinski definition) is 1. The highest BCUT2D eigenvalue weighted by molar-refractivity contribution is 5.55. The number of rotatable bonds is 9. The van der Waals surface area contributed by atoms with Crippen LogP contribution >= 0.6 is 0 Å². The molecule has 0 bridgehead atoms. The molecule has 0 aliphatic rings. The molecule has 2 rings (SSSR count). The molecule has 118 valence electrons. The Balaban J connectivity index is 1.76. The third-order valence-corrected chi connectivity index (χ3v) is 3.57. The van der Waals surface area contributed by atoms with Crippen molar-refractivity contribution in [2.45, 2.75) is 45.4 Å². The first-order valence-electron chi connectivity index (χ1n) is 8.08. The monoisotopic (exact) mass is 300 g/mol. The lowest BCUT2D eigenvalue weighted by atomic mass is 10.1. The van der Waals surface area contributed by atoms with Crippen LogP contribution in [-0.2, 0) is 0 Å². The van der Waals surface area contributed by atoms with Crippen molar-refractivity contribution in [3.63, 3.8) is 0 Å². The molecule has 22 heavy (non-hydrogen) atoms. The van der Waals surface area contributed by atoms with Gasteiger partial charge in [-0.15, -0.1) is 0 Å². The van der Waals surface area contributed by atoms with Gasteiger partial charge >= 0.3 is 0 Å². The summed E-state index contributed by atoms with van der Waals surface area (Å²) in [5, 5.41) is 0. The summed E-state index contributed by atoms with van der Waals surface area (Å²) in [7, 11) is 0. The maximum Gasteiger partial charge on any atom is 0.251 e. The van der Waals surface area contributed by atoms with Crippen molar-refractivity contribution in [3.05, 3.63) is 46.9 Å². The lowest BCUT2D eigenvalue weighted by Crippen LogP contribution is -2.05. The van der Waals surface area contributed by atoms with Gasteiger partial charge in [0.1, 0.15) is 11.6 Å². The highest BCUT2D eigenvalue weighted by atomic mass is 16.5. The Hall–Kier alpha value is -2.10. The highest BCUT2D eigenvalue weighted by Gasteiger charge is 2.01. The summed E-state index contributed by atoms with van der Waals surface area (Å²) in [4.78, 5) is 18.1. The van der Waals surface area contributed by atoms with E-state index in [0.717, 1.165) is 24.3 Å². The van der Waals surface area contributed by atoms with Crippen molar-refractivity contribution in [2.24, 2.45) is 0 Å². The molecule has 0 radical (unpaired) electrons. The molecule has 1 N–H and O–H groups in total. The fraction of sp³-hybridized carbons (Fsp3) is 0.444. The SMILES string of the molecule is CCCCCCCCOc1ccc(-c2nccc(=O)[nH]2)cc1. The van der Waals surface area contributed by atoms with Crippen LogP contribution in [0.15, 0.2) is 41.3 Å². The van der Waals surface area contributed by atoms with Gasteiger partial charge < -0.3 is 9.72 Å². The maximum absolute atomic E-state index is 11.3. The van der Waals surface area contributed by atoms with E-state index in [9.17, 15) is 4.79 Å². The van der Waals surface area contributed by atoms with Gasteiger partial charge in [-0.1, -0.05) is 39.0 Å². The molecule has 0 fully saturated rings. The Bertz CT molecular complexity index is 605. The van der Waals surface area contributed by atoms with E-state index < -0.39 is 0 Å². The minimum atomic E-state index is -0.145. The average molecular weight is 300 g/mol. The minimum Gasteiger partial charge on any atom is -0.494 e. The van der Waals surface area contributed by atoms with Gasteiger partial charge in [-0.2, -0.15) is 0 Å². The second-order valence-corrected chi connectivity index (χ2v) is 5.42. The lowest BCUT2D eigenvalue weighted by molar-refractivity contribution is 0.304. The van der Waals surface area contributed by atoms with E-state index in [0.29, 0.717) is 5.82 Å². The molecule has 0 atom stereocenters. The van der Waals surface area contributed by atoms with Gasteiger partial charge in [-0.25, -0.2) is 4.98 Å². The molecule has 0 spiro atoms. The minimum absolute atomic E-state index is 0.145. The Kier molecular flexibility index (Phi) is 6.68. The molecular weight excluding hydrogens is 276 g/mol. The van der Waals surface area contributed by atoms with Crippen LogP contribution < -0.4 is 10.3 Å². The van der Waals surface area contributed by atoms with Gasteiger partial charge in [-0.3, -0.25) is 4.79 Å². The summed E-state index contributed by atoms with van der Waals surface area (Å²) in [5.74, 6) is 1.44. The Morgan fingerprint density at radius 1 is 1.00 bits per heavy atom. The summed E-state index contributed by atoms with van der Waals surface area (Å²) in [6.07, 6.45) is 9.07. The lowest BCUT2D eigenvalue weighted by Gasteiger charge is -2.07. The van der Waals surface area contributed by atoms with Gasteiger partial charge in [0.2, 0.25) is 0 Å². The molecule has 0 amide bonds. The molecule has 0 unspecified atom stereocenters. The second kappa shape index (κ2) is 9.03. The number of benzene rings is 1. The number of ether oxygens (including phenoxy) is 1. The zero-order valence-electron chi connectivity index (χ0n) is 13.2. The topological polar surface area (TPSA) is 55.0 Å². The fourth-order valence-electron chi connectivity index (χ4n) is 2.30. The number of unbranched alkanes of at least 4 members (excludes halogenated alkanes) is 5. The van der Waals surface area contributed by atoms with E-state index in [1.54, 1.807) is 0 Å². The van der Waals surface area contributed by atoms with Crippen LogP contribution in [0.5, 0.6) is 5.75 Å². The number of hydrogen-bond acceptors (Lipinski definition) is 3. The molecule has 0 aliphatic carbocycles. The van der Waals surface area contributed by atoms with Gasteiger partial charge in [0, 0.05) is 17.8 Å². The predicted molar refractivity (Wildman–Crippen MR) is 89.2 cm³/mol. The van der Waals surface area contributed by atoms with Crippen LogP contribution in [0, 0.1) is 0 Å². The molecule has 0 saturated carbocycles. The first-order chi connectivity index (χ1) is 10.8. The number of aromatic nitrogens is 2. The zero-order valence-corrected chi connectivity index (χ0v) is 13.2. The van der Waals surface area contributed by atoms with Crippen molar-refractivity contribution < 1.29 is 4.74 Å². The number of nitrogens with zero attached hydrogens (tertiary/aromatic N) is 1. The third-order valence-electron chi connectivity index (χ3n) is 3.57. The van der Waals surface area contributed by atoms with Crippen LogP contribution in [-0.4, -0.2) is 16.6 Å². The van der Waals surface area contributed by atoms with E-state index in [4.69, 9.17) is 4.74 Å². The fourth-order valence-corrected chi connectivity index (χ4v) is 2.30. The van der Waals surface area contributed by atoms with E-state index in [-0.39, 0.29) is 5.56 Å². The Morgan fingerprint density at radius 2 is 1.73 bits per heavy atom. The summed E-state index contributed by atoms with van der Waals surface area (Å²) < 4.78 is 5.73. The van der Waals surface area contributed by atoms with Crippen LogP contribution in [0.25, 0.3) is 11.4 Å². The molecule has 1 aromatic heterocycles. The highest BCUT2D eigenvalue weighted by Crippen LogP contribution is 2.18. The summed E-state index contributed by atoms with van der Waals surface area (Å²) in [5.41, 5.74) is 0.734. The van der Waals surface area contributed by atoms with Crippen molar-refractivity contribution in [2.75, 3.05) is 6.61 Å². The van der Waals surface area contributed by atoms with Crippen LogP contribution in [0.3, 0.4) is 0 Å². The normalized spacial score (nSPS) is 10.6. The van der Waals surface area contributed by atoms with Crippen molar-refractivity contribution in [1.82, 2.24) is 9.97 Å². The molecule has 1 aromatic carbocycles. The standard InChI is InChI=1S/C18H24N2O2/c1-2-3-4-5-6-7-14-22-16-10-8-15(9-11-16)18-19-13-12-17(21)20-18/h8-13H,2-7,14H2,1H3,(H,19,20,21). The number of nitrogens with one attached hydrogen (secondary N) is 1. The van der Waals surface area contributed by atoms with Crippen LogP contribution in [0.1, 0.15) is 45.4 Å². The first kappa shape index (κ1) is 16.3. The van der Waals surface area contributed by atoms with E-state index >= 15 is 0 Å². The summed E-state index contributed by atoms with van der Waals surface area (Å²) >= 11 is 0. The van der Waals surface area contributed by atoms with Crippen LogP contribution in [0.2, 0.25) is 0 Å². The molecule has 4 nitrogen and oxygen atoms in total. The van der Waals surface area contributed by atoms with Crippen molar-refractivity contribution in [1.29, 1.82) is 0 Å². The molecule has 0 aliphatic heterocycles. The summed E-state index contributed by atoms with van der Waals surface area (Å²) in [6.45, 7) is 2.99. The average Bonchev–Trinajstić information content (AvgIpc) is 2.55. The van der Waals surface area contributed by atoms with Gasteiger partial charge in [0.05, 0.1) is 6.61 Å². The molecular formula is C18H24N2O2. The molecule has 0 saturated heterocycles. The van der Waals surface area contributed by atoms with E-state index in [1.807, 2.05) is 24.3 Å². The molecule has 4 heteroatoms. The Labute approximate surface area is 131 Å². The number of H-pyrrole nitrogens is 1. The first-order valence-corrected chi connectivity index (χ1v) is 8.08. The van der Waals surface area contributed by atoms with Crippen LogP contribution in [0.4, 0.5) is 0 Å². The maximum atomic E-state index is 11.3. The summed E-state index contributed by atoms with van der Waals surface area (Å²) in [6, 6.07) is 9.06.